The molecule has 2 nitrogen and oxygen atoms in total. The Morgan fingerprint density at radius 2 is 1.80 bits per heavy atom. The van der Waals surface area contributed by atoms with E-state index in [2.05, 4.69) is 30.8 Å². The third-order valence-electron chi connectivity index (χ3n) is 2.41. The Morgan fingerprint density at radius 3 is 2.40 bits per heavy atom. The summed E-state index contributed by atoms with van der Waals surface area (Å²) in [6, 6.07) is 6.09. The number of para-hydroxylation sites is 1. The average Bonchev–Trinajstić information content (AvgIpc) is 2.27. The first kappa shape index (κ1) is 16.6. The Labute approximate surface area is 117 Å². The fraction of sp³-hybridized carbons (Fsp3) is 0.467. The molecule has 0 aliphatic heterocycles. The zero-order valence-electron chi connectivity index (χ0n) is 11.9. The molecule has 0 bridgehead atoms. The molecule has 0 amide bonds. The SMILES string of the molecule is CC(C)(C)NCCC=Cc1ccccc1OC(F)(F)F. The first-order valence-electron chi connectivity index (χ1n) is 6.44. The van der Waals surface area contributed by atoms with Crippen LogP contribution in [0.4, 0.5) is 13.2 Å². The lowest BCUT2D eigenvalue weighted by molar-refractivity contribution is -0.274. The minimum absolute atomic E-state index is 0.0329. The highest BCUT2D eigenvalue weighted by molar-refractivity contribution is 5.57. The molecular formula is C15H20F3NO. The predicted octanol–water partition coefficient (Wildman–Crippen LogP) is 4.38. The van der Waals surface area contributed by atoms with Gasteiger partial charge in [-0.15, -0.1) is 13.2 Å². The summed E-state index contributed by atoms with van der Waals surface area (Å²) in [7, 11) is 0. The molecule has 1 aromatic rings. The standard InChI is InChI=1S/C15H20F3NO/c1-14(2,3)19-11-7-6-9-12-8-4-5-10-13(12)20-15(16,17)18/h4-6,8-10,19H,7,11H2,1-3H3. The quantitative estimate of drug-likeness (QED) is 0.812. The molecule has 0 atom stereocenters. The second-order valence-electron chi connectivity index (χ2n) is 5.45. The van der Waals surface area contributed by atoms with Crippen LogP contribution in [-0.4, -0.2) is 18.4 Å². The van der Waals surface area contributed by atoms with Gasteiger partial charge in [-0.2, -0.15) is 0 Å². The highest BCUT2D eigenvalue weighted by atomic mass is 19.4. The number of rotatable bonds is 5. The van der Waals surface area contributed by atoms with Crippen molar-refractivity contribution in [3.8, 4) is 5.75 Å². The van der Waals surface area contributed by atoms with Crippen molar-refractivity contribution in [3.05, 3.63) is 35.9 Å². The highest BCUT2D eigenvalue weighted by Crippen LogP contribution is 2.27. The molecular weight excluding hydrogens is 267 g/mol. The van der Waals surface area contributed by atoms with Crippen LogP contribution in [0.1, 0.15) is 32.8 Å². The normalized spacial score (nSPS) is 12.9. The molecule has 0 saturated carbocycles. The molecule has 0 fully saturated rings. The minimum atomic E-state index is -4.67. The van der Waals surface area contributed by atoms with Crippen molar-refractivity contribution in [2.45, 2.75) is 39.1 Å². The van der Waals surface area contributed by atoms with Crippen molar-refractivity contribution >= 4 is 6.08 Å². The van der Waals surface area contributed by atoms with E-state index in [0.29, 0.717) is 5.56 Å². The Balaban J connectivity index is 2.59. The Morgan fingerprint density at radius 1 is 1.15 bits per heavy atom. The van der Waals surface area contributed by atoms with Gasteiger partial charge >= 0.3 is 6.36 Å². The predicted molar refractivity (Wildman–Crippen MR) is 74.5 cm³/mol. The van der Waals surface area contributed by atoms with Gasteiger partial charge in [-0.1, -0.05) is 30.4 Å². The number of halogens is 3. The molecule has 0 heterocycles. The van der Waals surface area contributed by atoms with Gasteiger partial charge in [0.05, 0.1) is 0 Å². The van der Waals surface area contributed by atoms with Crippen molar-refractivity contribution in [3.63, 3.8) is 0 Å². The van der Waals surface area contributed by atoms with Crippen LogP contribution in [0.15, 0.2) is 30.3 Å². The second-order valence-corrected chi connectivity index (χ2v) is 5.45. The zero-order valence-corrected chi connectivity index (χ0v) is 11.9. The molecule has 1 rings (SSSR count). The average molecular weight is 287 g/mol. The summed E-state index contributed by atoms with van der Waals surface area (Å²) in [5.74, 6) is -0.181. The fourth-order valence-corrected chi connectivity index (χ4v) is 1.58. The lowest BCUT2D eigenvalue weighted by Gasteiger charge is -2.19. The topological polar surface area (TPSA) is 21.3 Å². The number of ether oxygens (including phenoxy) is 1. The van der Waals surface area contributed by atoms with Crippen molar-refractivity contribution in [1.29, 1.82) is 0 Å². The number of alkyl halides is 3. The molecule has 0 spiro atoms. The van der Waals surface area contributed by atoms with Crippen LogP contribution in [0.2, 0.25) is 0 Å². The van der Waals surface area contributed by atoms with Crippen LogP contribution >= 0.6 is 0 Å². The van der Waals surface area contributed by atoms with Crippen molar-refractivity contribution in [2.75, 3.05) is 6.54 Å². The van der Waals surface area contributed by atoms with Gasteiger partial charge in [0, 0.05) is 11.1 Å². The first-order valence-corrected chi connectivity index (χ1v) is 6.44. The van der Waals surface area contributed by atoms with E-state index in [1.54, 1.807) is 18.2 Å². The first-order chi connectivity index (χ1) is 9.17. The third-order valence-corrected chi connectivity index (χ3v) is 2.41. The van der Waals surface area contributed by atoms with Crippen LogP contribution in [0, 0.1) is 0 Å². The van der Waals surface area contributed by atoms with Crippen molar-refractivity contribution in [1.82, 2.24) is 5.32 Å². The van der Waals surface area contributed by atoms with Gasteiger partial charge in [0.25, 0.3) is 0 Å². The zero-order chi connectivity index (χ0) is 15.2. The summed E-state index contributed by atoms with van der Waals surface area (Å²) in [5.41, 5.74) is 0.450. The van der Waals surface area contributed by atoms with Crippen molar-refractivity contribution in [2.24, 2.45) is 0 Å². The number of nitrogens with one attached hydrogen (secondary N) is 1. The Bertz CT molecular complexity index is 447. The van der Waals surface area contributed by atoms with Gasteiger partial charge < -0.3 is 10.1 Å². The van der Waals surface area contributed by atoms with Crippen molar-refractivity contribution < 1.29 is 17.9 Å². The van der Waals surface area contributed by atoms with Gasteiger partial charge in [0.15, 0.2) is 0 Å². The molecule has 0 radical (unpaired) electrons. The van der Waals surface area contributed by atoms with E-state index in [1.165, 1.54) is 12.1 Å². The lowest BCUT2D eigenvalue weighted by Crippen LogP contribution is -2.36. The maximum absolute atomic E-state index is 12.2. The molecule has 0 unspecified atom stereocenters. The van der Waals surface area contributed by atoms with Crippen LogP contribution in [-0.2, 0) is 0 Å². The van der Waals surface area contributed by atoms with Gasteiger partial charge in [-0.25, -0.2) is 0 Å². The fourth-order valence-electron chi connectivity index (χ4n) is 1.58. The molecule has 1 aromatic carbocycles. The second kappa shape index (κ2) is 6.79. The summed E-state index contributed by atoms with van der Waals surface area (Å²) in [6.45, 7) is 6.94. The summed E-state index contributed by atoms with van der Waals surface area (Å²) >= 11 is 0. The lowest BCUT2D eigenvalue weighted by atomic mass is 10.1. The summed E-state index contributed by atoms with van der Waals surface area (Å²) in [6.07, 6.45) is -0.460. The van der Waals surface area contributed by atoms with Gasteiger partial charge in [-0.3, -0.25) is 0 Å². The molecule has 1 N–H and O–H groups in total. The number of benzene rings is 1. The molecule has 0 saturated heterocycles. The van der Waals surface area contributed by atoms with E-state index in [-0.39, 0.29) is 11.3 Å². The molecule has 0 aromatic heterocycles. The van der Waals surface area contributed by atoms with Crippen LogP contribution in [0.3, 0.4) is 0 Å². The maximum atomic E-state index is 12.2. The minimum Gasteiger partial charge on any atom is -0.405 e. The molecule has 5 heteroatoms. The summed E-state index contributed by atoms with van der Waals surface area (Å²) < 4.78 is 40.7. The van der Waals surface area contributed by atoms with E-state index in [1.807, 2.05) is 6.08 Å². The van der Waals surface area contributed by atoms with Crippen LogP contribution in [0.5, 0.6) is 5.75 Å². The number of hydrogen-bond acceptors (Lipinski definition) is 2. The molecule has 0 aliphatic rings. The highest BCUT2D eigenvalue weighted by Gasteiger charge is 2.31. The van der Waals surface area contributed by atoms with Crippen LogP contribution < -0.4 is 10.1 Å². The molecule has 20 heavy (non-hydrogen) atoms. The largest absolute Gasteiger partial charge is 0.573 e. The van der Waals surface area contributed by atoms with E-state index >= 15 is 0 Å². The smallest absolute Gasteiger partial charge is 0.405 e. The van der Waals surface area contributed by atoms with Gasteiger partial charge in [-0.05, 0) is 39.8 Å². The van der Waals surface area contributed by atoms with Gasteiger partial charge in [0.2, 0.25) is 0 Å². The van der Waals surface area contributed by atoms with Gasteiger partial charge in [0.1, 0.15) is 5.75 Å². The molecule has 112 valence electrons. The Hall–Kier alpha value is -1.49. The van der Waals surface area contributed by atoms with Crippen LogP contribution in [0.25, 0.3) is 6.08 Å². The maximum Gasteiger partial charge on any atom is 0.573 e. The Kier molecular flexibility index (Phi) is 5.62. The molecule has 0 aliphatic carbocycles. The van der Waals surface area contributed by atoms with E-state index in [0.717, 1.165) is 13.0 Å². The summed E-state index contributed by atoms with van der Waals surface area (Å²) in [5, 5.41) is 3.30. The monoisotopic (exact) mass is 287 g/mol. The number of hydrogen-bond donors (Lipinski definition) is 1. The van der Waals surface area contributed by atoms with E-state index < -0.39 is 6.36 Å². The summed E-state index contributed by atoms with van der Waals surface area (Å²) in [4.78, 5) is 0. The van der Waals surface area contributed by atoms with E-state index in [4.69, 9.17) is 0 Å². The third kappa shape index (κ3) is 7.19. The van der Waals surface area contributed by atoms with E-state index in [9.17, 15) is 13.2 Å².